The summed E-state index contributed by atoms with van der Waals surface area (Å²) in [5.41, 5.74) is 1.99. The molecule has 0 fully saturated rings. The van der Waals surface area contributed by atoms with Crippen LogP contribution in [0.25, 0.3) is 11.0 Å². The maximum atomic E-state index is 9.98. The van der Waals surface area contributed by atoms with Crippen LogP contribution >= 0.6 is 0 Å². The summed E-state index contributed by atoms with van der Waals surface area (Å²) in [5.74, 6) is 2.39. The topological polar surface area (TPSA) is 56.5 Å². The number of nitrogens with zero attached hydrogens (tertiary/aromatic N) is 2. The highest BCUT2D eigenvalue weighted by molar-refractivity contribution is 5.75. The quantitative estimate of drug-likeness (QED) is 0.631. The van der Waals surface area contributed by atoms with Crippen LogP contribution in [0.5, 0.6) is 11.5 Å². The number of imidazole rings is 1. The number of unbranched alkanes of at least 4 members (excludes halogenated alkanes) is 1. The Kier molecular flexibility index (Phi) is 5.56. The number of methoxy groups -OCH3 is 1. The van der Waals surface area contributed by atoms with Crippen molar-refractivity contribution in [3.05, 3.63) is 54.4 Å². The fourth-order valence-electron chi connectivity index (χ4n) is 2.88. The molecule has 0 aliphatic rings. The van der Waals surface area contributed by atoms with Crippen molar-refractivity contribution in [2.45, 2.75) is 32.4 Å². The van der Waals surface area contributed by atoms with Gasteiger partial charge in [-0.3, -0.25) is 0 Å². The molecule has 1 aromatic heterocycles. The van der Waals surface area contributed by atoms with Crippen molar-refractivity contribution in [3.8, 4) is 11.5 Å². The number of ether oxygens (including phenoxy) is 2. The number of aryl methyl sites for hydroxylation is 1. The first kappa shape index (κ1) is 17.3. The van der Waals surface area contributed by atoms with Gasteiger partial charge >= 0.3 is 0 Å². The van der Waals surface area contributed by atoms with Crippen LogP contribution in [0.15, 0.2) is 48.5 Å². The number of rotatable bonds is 8. The highest BCUT2D eigenvalue weighted by atomic mass is 16.5. The van der Waals surface area contributed by atoms with E-state index in [1.165, 1.54) is 0 Å². The normalized spacial score (nSPS) is 12.3. The summed E-state index contributed by atoms with van der Waals surface area (Å²) in [5, 5.41) is 9.98. The average molecular weight is 340 g/mol. The zero-order chi connectivity index (χ0) is 17.6. The minimum absolute atomic E-state index is 0.581. The van der Waals surface area contributed by atoms with Gasteiger partial charge in [0.2, 0.25) is 0 Å². The summed E-state index contributed by atoms with van der Waals surface area (Å²) < 4.78 is 13.0. The molecule has 0 saturated heterocycles. The summed E-state index contributed by atoms with van der Waals surface area (Å²) in [6, 6.07) is 15.6. The molecule has 1 unspecified atom stereocenters. The molecule has 1 heterocycles. The predicted molar refractivity (Wildman–Crippen MR) is 98.1 cm³/mol. The summed E-state index contributed by atoms with van der Waals surface area (Å²) in [6.45, 7) is 3.22. The van der Waals surface area contributed by atoms with Gasteiger partial charge in [-0.05, 0) is 56.2 Å². The van der Waals surface area contributed by atoms with E-state index in [2.05, 4.69) is 9.55 Å². The smallest absolute Gasteiger partial charge is 0.138 e. The van der Waals surface area contributed by atoms with E-state index in [-0.39, 0.29) is 0 Å². The number of fused-ring (bicyclic) bond motifs is 1. The van der Waals surface area contributed by atoms with Crippen molar-refractivity contribution in [2.24, 2.45) is 0 Å². The minimum atomic E-state index is -0.581. The Bertz CT molecular complexity index is 809. The number of aliphatic hydroxyl groups is 1. The van der Waals surface area contributed by atoms with Gasteiger partial charge in [-0.25, -0.2) is 4.98 Å². The van der Waals surface area contributed by atoms with Crippen LogP contribution in [0.3, 0.4) is 0 Å². The third-order valence-electron chi connectivity index (χ3n) is 4.16. The molecule has 0 amide bonds. The molecule has 1 atom stereocenters. The number of aromatic nitrogens is 2. The molecule has 5 heteroatoms. The van der Waals surface area contributed by atoms with Gasteiger partial charge in [0, 0.05) is 6.54 Å². The molecule has 0 bridgehead atoms. The lowest BCUT2D eigenvalue weighted by atomic mass is 10.2. The molecule has 0 saturated carbocycles. The third kappa shape index (κ3) is 4.12. The molecule has 0 aliphatic heterocycles. The van der Waals surface area contributed by atoms with Gasteiger partial charge in [0.1, 0.15) is 23.4 Å². The Balaban J connectivity index is 1.55. The van der Waals surface area contributed by atoms with Crippen molar-refractivity contribution in [1.29, 1.82) is 0 Å². The Morgan fingerprint density at radius 2 is 1.76 bits per heavy atom. The second-order valence-electron chi connectivity index (χ2n) is 6.02. The van der Waals surface area contributed by atoms with Crippen LogP contribution in [0, 0.1) is 0 Å². The molecular formula is C20H24N2O3. The van der Waals surface area contributed by atoms with E-state index in [9.17, 15) is 5.11 Å². The Morgan fingerprint density at radius 1 is 1.04 bits per heavy atom. The zero-order valence-electron chi connectivity index (χ0n) is 14.7. The average Bonchev–Trinajstić information content (AvgIpc) is 3.01. The molecule has 2 aromatic carbocycles. The fourth-order valence-corrected chi connectivity index (χ4v) is 2.88. The summed E-state index contributed by atoms with van der Waals surface area (Å²) in [6.07, 6.45) is 1.30. The Hall–Kier alpha value is -2.53. The van der Waals surface area contributed by atoms with Crippen LogP contribution < -0.4 is 9.47 Å². The summed E-state index contributed by atoms with van der Waals surface area (Å²) >= 11 is 0. The van der Waals surface area contributed by atoms with Gasteiger partial charge in [0.15, 0.2) is 0 Å². The van der Waals surface area contributed by atoms with E-state index in [1.807, 2.05) is 48.5 Å². The van der Waals surface area contributed by atoms with E-state index in [0.29, 0.717) is 6.61 Å². The van der Waals surface area contributed by atoms with E-state index in [4.69, 9.17) is 9.47 Å². The first-order valence-corrected chi connectivity index (χ1v) is 8.59. The van der Waals surface area contributed by atoms with Crippen molar-refractivity contribution >= 4 is 11.0 Å². The van der Waals surface area contributed by atoms with Crippen molar-refractivity contribution in [1.82, 2.24) is 9.55 Å². The monoisotopic (exact) mass is 340 g/mol. The summed E-state index contributed by atoms with van der Waals surface area (Å²) in [7, 11) is 1.65. The first-order chi connectivity index (χ1) is 12.2. The second-order valence-corrected chi connectivity index (χ2v) is 6.02. The molecule has 25 heavy (non-hydrogen) atoms. The van der Waals surface area contributed by atoms with Crippen molar-refractivity contribution in [2.75, 3.05) is 13.7 Å². The fraction of sp³-hybridized carbons (Fsp3) is 0.350. The largest absolute Gasteiger partial charge is 0.497 e. The Morgan fingerprint density at radius 3 is 2.48 bits per heavy atom. The van der Waals surface area contributed by atoms with Crippen LogP contribution in [0.2, 0.25) is 0 Å². The standard InChI is InChI=1S/C20H24N2O3/c1-15(23)20-21-18-7-3-4-8-19(18)22(20)13-5-6-14-25-17-11-9-16(24-2)10-12-17/h3-4,7-12,15,23H,5-6,13-14H2,1-2H3. The van der Waals surface area contributed by atoms with Crippen molar-refractivity contribution < 1.29 is 14.6 Å². The van der Waals surface area contributed by atoms with Crippen LogP contribution in [-0.2, 0) is 6.54 Å². The van der Waals surface area contributed by atoms with Crippen LogP contribution in [0.1, 0.15) is 31.7 Å². The van der Waals surface area contributed by atoms with Gasteiger partial charge in [-0.15, -0.1) is 0 Å². The molecule has 5 nitrogen and oxygen atoms in total. The van der Waals surface area contributed by atoms with Crippen molar-refractivity contribution in [3.63, 3.8) is 0 Å². The highest BCUT2D eigenvalue weighted by Crippen LogP contribution is 2.21. The van der Waals surface area contributed by atoms with E-state index in [1.54, 1.807) is 14.0 Å². The second kappa shape index (κ2) is 8.03. The van der Waals surface area contributed by atoms with E-state index in [0.717, 1.165) is 47.7 Å². The molecule has 0 radical (unpaired) electrons. The molecule has 0 spiro atoms. The highest BCUT2D eigenvalue weighted by Gasteiger charge is 2.13. The maximum Gasteiger partial charge on any atom is 0.138 e. The predicted octanol–water partition coefficient (Wildman–Crippen LogP) is 3.96. The molecule has 0 aliphatic carbocycles. The number of hydrogen-bond acceptors (Lipinski definition) is 4. The minimum Gasteiger partial charge on any atom is -0.497 e. The Labute approximate surface area is 147 Å². The first-order valence-electron chi connectivity index (χ1n) is 8.59. The van der Waals surface area contributed by atoms with Gasteiger partial charge in [0.25, 0.3) is 0 Å². The zero-order valence-corrected chi connectivity index (χ0v) is 14.7. The number of hydrogen-bond donors (Lipinski definition) is 1. The number of para-hydroxylation sites is 2. The lowest BCUT2D eigenvalue weighted by Crippen LogP contribution is -2.08. The van der Waals surface area contributed by atoms with Gasteiger partial charge < -0.3 is 19.1 Å². The van der Waals surface area contributed by atoms with E-state index < -0.39 is 6.10 Å². The molecule has 3 rings (SSSR count). The SMILES string of the molecule is COc1ccc(OCCCCn2c(C(C)O)nc3ccccc32)cc1. The third-order valence-corrected chi connectivity index (χ3v) is 4.16. The molecule has 132 valence electrons. The van der Waals surface area contributed by atoms with Gasteiger partial charge in [0.05, 0.1) is 24.8 Å². The maximum absolute atomic E-state index is 9.98. The van der Waals surface area contributed by atoms with Gasteiger partial charge in [-0.1, -0.05) is 12.1 Å². The van der Waals surface area contributed by atoms with Crippen LogP contribution in [-0.4, -0.2) is 28.4 Å². The lowest BCUT2D eigenvalue weighted by molar-refractivity contribution is 0.184. The number of aliphatic hydroxyl groups excluding tert-OH is 1. The summed E-state index contributed by atoms with van der Waals surface area (Å²) in [4.78, 5) is 4.54. The molecular weight excluding hydrogens is 316 g/mol. The number of benzene rings is 2. The molecule has 1 N–H and O–H groups in total. The molecule has 3 aromatic rings. The van der Waals surface area contributed by atoms with E-state index >= 15 is 0 Å². The van der Waals surface area contributed by atoms with Crippen LogP contribution in [0.4, 0.5) is 0 Å². The van der Waals surface area contributed by atoms with Gasteiger partial charge in [-0.2, -0.15) is 0 Å². The lowest BCUT2D eigenvalue weighted by Gasteiger charge is -2.11.